The van der Waals surface area contributed by atoms with Crippen LogP contribution in [0.1, 0.15) is 29.8 Å². The highest BCUT2D eigenvalue weighted by atomic mass is 32.2. The second-order valence-electron chi connectivity index (χ2n) is 10.6. The third-order valence-electron chi connectivity index (χ3n) is 6.91. The molecule has 5 rings (SSSR count). The van der Waals surface area contributed by atoms with Gasteiger partial charge in [-0.3, -0.25) is 14.4 Å². The summed E-state index contributed by atoms with van der Waals surface area (Å²) >= 11 is 1.36. The number of benzene rings is 5. The molecule has 0 bridgehead atoms. The summed E-state index contributed by atoms with van der Waals surface area (Å²) in [6.45, 7) is 4.26. The van der Waals surface area contributed by atoms with Crippen LogP contribution in [0, 0.1) is 0 Å². The summed E-state index contributed by atoms with van der Waals surface area (Å²) in [5, 5.41) is 8.14. The zero-order valence-electron chi connectivity index (χ0n) is 26.5. The minimum atomic E-state index is -0.499. The highest BCUT2D eigenvalue weighted by Crippen LogP contribution is 2.28. The average Bonchev–Trinajstić information content (AvgIpc) is 3.10. The van der Waals surface area contributed by atoms with E-state index < -0.39 is 17.1 Å². The fourth-order valence-corrected chi connectivity index (χ4v) is 5.44. The first-order chi connectivity index (χ1) is 23.4. The topological polar surface area (TPSA) is 106 Å². The third kappa shape index (κ3) is 9.85. The largest absolute Gasteiger partial charge is 0.494 e. The van der Waals surface area contributed by atoms with E-state index in [4.69, 9.17) is 9.47 Å². The number of hydrogen-bond acceptors (Lipinski definition) is 6. The molecular weight excluding hydrogens is 623 g/mol. The highest BCUT2D eigenvalue weighted by molar-refractivity contribution is 8.00. The van der Waals surface area contributed by atoms with Gasteiger partial charge in [-0.1, -0.05) is 54.6 Å². The number of para-hydroxylation sites is 1. The van der Waals surface area contributed by atoms with E-state index in [0.717, 1.165) is 10.6 Å². The average molecular weight is 658 g/mol. The zero-order chi connectivity index (χ0) is 33.7. The molecule has 1 unspecified atom stereocenters. The highest BCUT2D eigenvalue weighted by Gasteiger charge is 2.18. The van der Waals surface area contributed by atoms with Crippen LogP contribution in [0.4, 0.5) is 11.4 Å². The van der Waals surface area contributed by atoms with E-state index in [1.807, 2.05) is 68.4 Å². The van der Waals surface area contributed by atoms with E-state index in [0.29, 0.717) is 40.6 Å². The van der Waals surface area contributed by atoms with Crippen molar-refractivity contribution in [2.45, 2.75) is 24.0 Å². The summed E-state index contributed by atoms with van der Waals surface area (Å²) in [4.78, 5) is 40.3. The molecule has 0 saturated carbocycles. The van der Waals surface area contributed by atoms with Crippen LogP contribution in [0.3, 0.4) is 0 Å². The van der Waals surface area contributed by atoms with Gasteiger partial charge in [0.15, 0.2) is 0 Å². The number of amides is 3. The Morgan fingerprint density at radius 1 is 0.708 bits per heavy atom. The van der Waals surface area contributed by atoms with Crippen LogP contribution >= 0.6 is 11.8 Å². The third-order valence-corrected chi connectivity index (χ3v) is 8.00. The van der Waals surface area contributed by atoms with E-state index in [2.05, 4.69) is 16.0 Å². The predicted molar refractivity (Wildman–Crippen MR) is 191 cm³/mol. The Hall–Kier alpha value is -5.80. The maximum Gasteiger partial charge on any atom is 0.272 e. The number of carbonyl (C=O) groups excluding carboxylic acids is 3. The van der Waals surface area contributed by atoms with Crippen molar-refractivity contribution in [1.82, 2.24) is 5.32 Å². The van der Waals surface area contributed by atoms with Crippen LogP contribution in [-0.2, 0) is 9.59 Å². The molecule has 3 N–H and O–H groups in total. The lowest BCUT2D eigenvalue weighted by Crippen LogP contribution is -2.30. The predicted octanol–water partition coefficient (Wildman–Crippen LogP) is 8.41. The van der Waals surface area contributed by atoms with Crippen LogP contribution in [0.2, 0.25) is 0 Å². The maximum atomic E-state index is 13.5. The normalized spacial score (nSPS) is 11.6. The number of nitrogens with one attached hydrogen (secondary N) is 3. The molecule has 0 aliphatic carbocycles. The molecule has 0 heterocycles. The molecule has 0 fully saturated rings. The number of rotatable bonds is 13. The van der Waals surface area contributed by atoms with Crippen molar-refractivity contribution in [3.05, 3.63) is 150 Å². The van der Waals surface area contributed by atoms with Crippen molar-refractivity contribution in [3.8, 4) is 17.2 Å². The monoisotopic (exact) mass is 657 g/mol. The van der Waals surface area contributed by atoms with Crippen LogP contribution in [0.25, 0.3) is 6.08 Å². The zero-order valence-corrected chi connectivity index (χ0v) is 27.3. The van der Waals surface area contributed by atoms with Gasteiger partial charge in [0.25, 0.3) is 11.8 Å². The summed E-state index contributed by atoms with van der Waals surface area (Å²) in [7, 11) is 0. The number of thioether (sulfide) groups is 1. The lowest BCUT2D eigenvalue weighted by Gasteiger charge is -2.14. The fraction of sp³-hybridized carbons (Fsp3) is 0.103. The molecule has 9 heteroatoms. The fourth-order valence-electron chi connectivity index (χ4n) is 4.51. The summed E-state index contributed by atoms with van der Waals surface area (Å²) in [5.41, 5.74) is 2.36. The van der Waals surface area contributed by atoms with Gasteiger partial charge in [0.05, 0.1) is 11.9 Å². The molecule has 3 amide bonds. The summed E-state index contributed by atoms with van der Waals surface area (Å²) in [5.74, 6) is 1.02. The van der Waals surface area contributed by atoms with Gasteiger partial charge in [-0.2, -0.15) is 0 Å². The first kappa shape index (κ1) is 33.6. The van der Waals surface area contributed by atoms with Gasteiger partial charge in [0, 0.05) is 21.8 Å². The number of anilines is 2. The molecule has 0 aliphatic heterocycles. The summed E-state index contributed by atoms with van der Waals surface area (Å²) in [6.07, 6.45) is 1.61. The van der Waals surface area contributed by atoms with Gasteiger partial charge in [0.2, 0.25) is 5.91 Å². The molecule has 242 valence electrons. The molecule has 0 radical (unpaired) electrons. The number of ether oxygens (including phenoxy) is 2. The quantitative estimate of drug-likeness (QED) is 0.0868. The molecular formula is C39H35N3O5S. The van der Waals surface area contributed by atoms with Crippen LogP contribution in [0.15, 0.2) is 144 Å². The van der Waals surface area contributed by atoms with Gasteiger partial charge in [-0.25, -0.2) is 0 Å². The molecule has 5 aromatic carbocycles. The maximum absolute atomic E-state index is 13.5. The van der Waals surface area contributed by atoms with Crippen molar-refractivity contribution < 1.29 is 23.9 Å². The first-order valence-corrected chi connectivity index (χ1v) is 16.3. The van der Waals surface area contributed by atoms with E-state index >= 15 is 0 Å². The first-order valence-electron chi connectivity index (χ1n) is 15.4. The van der Waals surface area contributed by atoms with Gasteiger partial charge >= 0.3 is 0 Å². The SMILES string of the molecule is CCOc1ccc(/C=C(/NC(=O)c2ccccc2)C(=O)Nc2cccc(SC(C)C(=O)Nc3ccc(Oc4ccccc4)cc3)c2)cc1. The molecule has 0 aliphatic rings. The lowest BCUT2D eigenvalue weighted by atomic mass is 10.1. The molecule has 0 saturated heterocycles. The Bertz CT molecular complexity index is 1860. The van der Waals surface area contributed by atoms with Gasteiger partial charge in [-0.05, 0) is 104 Å². The van der Waals surface area contributed by atoms with Crippen molar-refractivity contribution in [2.24, 2.45) is 0 Å². The minimum absolute atomic E-state index is 0.0685. The molecule has 0 spiro atoms. The molecule has 5 aromatic rings. The Morgan fingerprint density at radius 3 is 2.04 bits per heavy atom. The summed E-state index contributed by atoms with van der Waals surface area (Å²) in [6, 6.07) is 39.8. The van der Waals surface area contributed by atoms with Crippen LogP contribution in [-0.4, -0.2) is 29.6 Å². The van der Waals surface area contributed by atoms with Crippen molar-refractivity contribution in [3.63, 3.8) is 0 Å². The molecule has 1 atom stereocenters. The molecule has 48 heavy (non-hydrogen) atoms. The van der Waals surface area contributed by atoms with Crippen LogP contribution in [0.5, 0.6) is 17.2 Å². The Kier molecular flexibility index (Phi) is 11.7. The van der Waals surface area contributed by atoms with Gasteiger partial charge < -0.3 is 25.4 Å². The minimum Gasteiger partial charge on any atom is -0.494 e. The van der Waals surface area contributed by atoms with E-state index in [9.17, 15) is 14.4 Å². The molecule has 8 nitrogen and oxygen atoms in total. The van der Waals surface area contributed by atoms with Crippen molar-refractivity contribution >= 4 is 46.9 Å². The van der Waals surface area contributed by atoms with Gasteiger partial charge in [-0.15, -0.1) is 11.8 Å². The second-order valence-corrected chi connectivity index (χ2v) is 12.0. The Morgan fingerprint density at radius 2 is 1.35 bits per heavy atom. The Balaban J connectivity index is 1.23. The lowest BCUT2D eigenvalue weighted by molar-refractivity contribution is -0.115. The van der Waals surface area contributed by atoms with Gasteiger partial charge in [0.1, 0.15) is 22.9 Å². The Labute approximate surface area is 284 Å². The van der Waals surface area contributed by atoms with Crippen molar-refractivity contribution in [1.29, 1.82) is 0 Å². The van der Waals surface area contributed by atoms with Crippen LogP contribution < -0.4 is 25.4 Å². The van der Waals surface area contributed by atoms with E-state index in [-0.39, 0.29) is 11.6 Å². The van der Waals surface area contributed by atoms with Crippen molar-refractivity contribution in [2.75, 3.05) is 17.2 Å². The number of hydrogen-bond donors (Lipinski definition) is 3. The summed E-state index contributed by atoms with van der Waals surface area (Å²) < 4.78 is 11.3. The number of carbonyl (C=O) groups is 3. The van der Waals surface area contributed by atoms with E-state index in [1.54, 1.807) is 84.9 Å². The van der Waals surface area contributed by atoms with E-state index in [1.165, 1.54) is 11.8 Å². The molecule has 0 aromatic heterocycles. The smallest absolute Gasteiger partial charge is 0.272 e. The second kappa shape index (κ2) is 16.7. The standard InChI is InChI=1S/C39H35N3O5S/c1-3-46-32-21-17-28(18-22-32)25-36(42-38(44)29-11-6-4-7-12-29)39(45)41-31-13-10-16-35(26-31)48-27(2)37(43)40-30-19-23-34(24-20-30)47-33-14-8-5-9-15-33/h4-27H,3H2,1-2H3,(H,40,43)(H,41,45)(H,42,44)/b36-25+.